The zero-order valence-electron chi connectivity index (χ0n) is 15.7. The summed E-state index contributed by atoms with van der Waals surface area (Å²) in [5.74, 6) is 1.18. The van der Waals surface area contributed by atoms with Gasteiger partial charge in [-0.15, -0.1) is 0 Å². The molecule has 27 heavy (non-hydrogen) atoms. The molecule has 0 aliphatic rings. The number of hydrogen-bond acceptors (Lipinski definition) is 7. The minimum atomic E-state index is 0.386. The zero-order valence-corrected chi connectivity index (χ0v) is 17.3. The quantitative estimate of drug-likeness (QED) is 0.329. The van der Waals surface area contributed by atoms with Crippen molar-refractivity contribution in [2.24, 2.45) is 5.16 Å². The van der Waals surface area contributed by atoms with Gasteiger partial charge in [-0.1, -0.05) is 5.16 Å². The molecule has 0 saturated heterocycles. The molecule has 8 nitrogen and oxygen atoms in total. The van der Waals surface area contributed by atoms with Crippen LogP contribution in [0.2, 0.25) is 0 Å². The summed E-state index contributed by atoms with van der Waals surface area (Å²) in [5.41, 5.74) is 10.1. The second kappa shape index (κ2) is 8.62. The highest BCUT2D eigenvalue weighted by molar-refractivity contribution is 9.10. The first-order valence-corrected chi connectivity index (χ1v) is 9.61. The molecule has 0 atom stereocenters. The number of hydrogen-bond donors (Lipinski definition) is 1. The first kappa shape index (κ1) is 19.5. The van der Waals surface area contributed by atoms with Crippen LogP contribution in [0.25, 0.3) is 22.1 Å². The summed E-state index contributed by atoms with van der Waals surface area (Å²) < 4.78 is 8.54. The zero-order chi connectivity index (χ0) is 19.4. The highest BCUT2D eigenvalue weighted by atomic mass is 79.9. The highest BCUT2D eigenvalue weighted by Gasteiger charge is 2.18. The van der Waals surface area contributed by atoms with E-state index in [1.54, 1.807) is 6.20 Å². The molecule has 3 rings (SSSR count). The van der Waals surface area contributed by atoms with Gasteiger partial charge >= 0.3 is 0 Å². The molecule has 144 valence electrons. The van der Waals surface area contributed by atoms with Gasteiger partial charge in [0.15, 0.2) is 5.82 Å². The summed E-state index contributed by atoms with van der Waals surface area (Å²) >= 11 is 3.44. The summed E-state index contributed by atoms with van der Waals surface area (Å²) in [4.78, 5) is 19.0. The second-order valence-electron chi connectivity index (χ2n) is 6.26. The normalized spacial score (nSPS) is 11.3. The van der Waals surface area contributed by atoms with Gasteiger partial charge < -0.3 is 19.9 Å². The van der Waals surface area contributed by atoms with Crippen molar-refractivity contribution in [1.82, 2.24) is 19.5 Å². The average Bonchev–Trinajstić information content (AvgIpc) is 2.98. The minimum absolute atomic E-state index is 0.386. The maximum Gasteiger partial charge on any atom is 0.152 e. The van der Waals surface area contributed by atoms with Crippen molar-refractivity contribution in [3.8, 4) is 0 Å². The lowest BCUT2D eigenvalue weighted by atomic mass is 10.2. The molecule has 0 aromatic carbocycles. The number of aryl methyl sites for hydroxylation is 1. The van der Waals surface area contributed by atoms with E-state index in [1.165, 1.54) is 0 Å². The molecule has 0 unspecified atom stereocenters. The number of nitrogens with two attached hydrogens (primary N) is 1. The standard InChI is InChI=1S/C18H23BrN6O2/c1-4-26-10-14-23-16-17(25(14)6-5-7-27-24-11(2)3)15-13(22-18(16)20)8-12(19)9-21-15/h8-9H,4-7,10H2,1-3H3,(H2,20,22). The van der Waals surface area contributed by atoms with Crippen LogP contribution in [0.5, 0.6) is 0 Å². The number of ether oxygens (including phenoxy) is 1. The van der Waals surface area contributed by atoms with E-state index in [9.17, 15) is 0 Å². The largest absolute Gasteiger partial charge is 0.396 e. The van der Waals surface area contributed by atoms with E-state index in [2.05, 4.69) is 40.6 Å². The average molecular weight is 435 g/mol. The summed E-state index contributed by atoms with van der Waals surface area (Å²) in [6.07, 6.45) is 2.52. The van der Waals surface area contributed by atoms with Gasteiger partial charge in [-0.25, -0.2) is 9.97 Å². The second-order valence-corrected chi connectivity index (χ2v) is 7.17. The van der Waals surface area contributed by atoms with Crippen LogP contribution in [-0.4, -0.2) is 38.4 Å². The Labute approximate surface area is 165 Å². The van der Waals surface area contributed by atoms with Gasteiger partial charge in [0, 0.05) is 30.2 Å². The summed E-state index contributed by atoms with van der Waals surface area (Å²) in [6, 6.07) is 1.90. The number of halogens is 1. The Bertz CT molecular complexity index is 981. The number of nitrogens with zero attached hydrogens (tertiary/aromatic N) is 5. The Balaban J connectivity index is 2.03. The molecule has 9 heteroatoms. The molecule has 0 spiro atoms. The van der Waals surface area contributed by atoms with Crippen LogP contribution in [0.3, 0.4) is 0 Å². The maximum absolute atomic E-state index is 6.18. The molecule has 0 amide bonds. The van der Waals surface area contributed by atoms with Crippen molar-refractivity contribution in [1.29, 1.82) is 0 Å². The van der Waals surface area contributed by atoms with Crippen LogP contribution in [0, 0.1) is 0 Å². The van der Waals surface area contributed by atoms with E-state index in [1.807, 2.05) is 26.8 Å². The molecule has 2 N–H and O–H groups in total. The maximum atomic E-state index is 6.18. The Morgan fingerprint density at radius 1 is 1.30 bits per heavy atom. The van der Waals surface area contributed by atoms with E-state index < -0.39 is 0 Å². The molecule has 3 aromatic rings. The number of anilines is 1. The number of aromatic nitrogens is 4. The van der Waals surface area contributed by atoms with Gasteiger partial charge in [0.1, 0.15) is 35.6 Å². The fraction of sp³-hybridized carbons (Fsp3) is 0.444. The van der Waals surface area contributed by atoms with Crippen molar-refractivity contribution in [2.75, 3.05) is 18.9 Å². The molecule has 0 fully saturated rings. The Hall–Kier alpha value is -2.26. The lowest BCUT2D eigenvalue weighted by Gasteiger charge is -2.10. The number of imidazole rings is 1. The molecule has 0 bridgehead atoms. The fourth-order valence-corrected chi connectivity index (χ4v) is 3.12. The summed E-state index contributed by atoms with van der Waals surface area (Å²) in [7, 11) is 0. The first-order chi connectivity index (χ1) is 13.0. The predicted molar refractivity (Wildman–Crippen MR) is 110 cm³/mol. The van der Waals surface area contributed by atoms with E-state index in [0.717, 1.165) is 39.0 Å². The van der Waals surface area contributed by atoms with Crippen molar-refractivity contribution < 1.29 is 9.57 Å². The van der Waals surface area contributed by atoms with E-state index in [-0.39, 0.29) is 0 Å². The Morgan fingerprint density at radius 2 is 2.11 bits per heavy atom. The van der Waals surface area contributed by atoms with Gasteiger partial charge in [0.25, 0.3) is 0 Å². The van der Waals surface area contributed by atoms with Crippen LogP contribution < -0.4 is 5.73 Å². The smallest absolute Gasteiger partial charge is 0.152 e. The third-order valence-corrected chi connectivity index (χ3v) is 4.32. The SMILES string of the molecule is CCOCc1nc2c(N)nc3cc(Br)cnc3c2n1CCCON=C(C)C. The van der Waals surface area contributed by atoms with Crippen molar-refractivity contribution in [2.45, 2.75) is 40.3 Å². The van der Waals surface area contributed by atoms with Crippen LogP contribution in [0.15, 0.2) is 21.9 Å². The first-order valence-electron chi connectivity index (χ1n) is 8.82. The van der Waals surface area contributed by atoms with Crippen LogP contribution in [0.4, 0.5) is 5.82 Å². The minimum Gasteiger partial charge on any atom is -0.396 e. The number of nitrogen functional groups attached to an aromatic ring is 1. The lowest BCUT2D eigenvalue weighted by Crippen LogP contribution is -2.08. The van der Waals surface area contributed by atoms with Crippen LogP contribution in [-0.2, 0) is 22.7 Å². The number of oxime groups is 1. The molecule has 0 aliphatic carbocycles. The van der Waals surface area contributed by atoms with Gasteiger partial charge in [-0.3, -0.25) is 4.98 Å². The predicted octanol–water partition coefficient (Wildman–Crippen LogP) is 3.66. The molecule has 3 heterocycles. The van der Waals surface area contributed by atoms with E-state index >= 15 is 0 Å². The molecule has 0 radical (unpaired) electrons. The van der Waals surface area contributed by atoms with Crippen molar-refractivity contribution in [3.05, 3.63) is 22.6 Å². The van der Waals surface area contributed by atoms with E-state index in [0.29, 0.717) is 37.7 Å². The van der Waals surface area contributed by atoms with Gasteiger partial charge in [-0.05, 0) is 42.8 Å². The number of pyridine rings is 2. The van der Waals surface area contributed by atoms with Gasteiger partial charge in [-0.2, -0.15) is 0 Å². The van der Waals surface area contributed by atoms with E-state index in [4.69, 9.17) is 15.3 Å². The Kier molecular flexibility index (Phi) is 6.22. The fourth-order valence-electron chi connectivity index (χ4n) is 2.80. The Morgan fingerprint density at radius 3 is 2.85 bits per heavy atom. The van der Waals surface area contributed by atoms with Crippen molar-refractivity contribution >= 4 is 49.5 Å². The molecule has 3 aromatic heterocycles. The molecule has 0 saturated carbocycles. The third kappa shape index (κ3) is 4.36. The third-order valence-electron chi connectivity index (χ3n) is 3.89. The van der Waals surface area contributed by atoms with Gasteiger partial charge in [0.2, 0.25) is 0 Å². The van der Waals surface area contributed by atoms with Crippen LogP contribution >= 0.6 is 15.9 Å². The summed E-state index contributed by atoms with van der Waals surface area (Å²) in [5, 5.41) is 3.97. The number of rotatable bonds is 8. The monoisotopic (exact) mass is 434 g/mol. The molecular weight excluding hydrogens is 412 g/mol. The van der Waals surface area contributed by atoms with Crippen molar-refractivity contribution in [3.63, 3.8) is 0 Å². The van der Waals surface area contributed by atoms with Crippen LogP contribution in [0.1, 0.15) is 33.0 Å². The lowest BCUT2D eigenvalue weighted by molar-refractivity contribution is 0.122. The molecule has 0 aliphatic heterocycles. The van der Waals surface area contributed by atoms with Gasteiger partial charge in [0.05, 0.1) is 11.2 Å². The highest BCUT2D eigenvalue weighted by Crippen LogP contribution is 2.29. The number of fused-ring (bicyclic) bond motifs is 3. The summed E-state index contributed by atoms with van der Waals surface area (Å²) in [6.45, 7) is 7.96. The molecular formula is C18H23BrN6O2. The topological polar surface area (TPSA) is 100 Å².